The molecule has 120 valence electrons. The fourth-order valence-electron chi connectivity index (χ4n) is 1.61. The van der Waals surface area contributed by atoms with Crippen molar-refractivity contribution in [3.05, 3.63) is 67.8 Å². The van der Waals surface area contributed by atoms with Crippen LogP contribution in [0.1, 0.15) is 10.4 Å². The second kappa shape index (κ2) is 7.02. The molecule has 0 fully saturated rings. The van der Waals surface area contributed by atoms with Crippen molar-refractivity contribution in [3.8, 4) is 0 Å². The predicted molar refractivity (Wildman–Crippen MR) is 90.0 cm³/mol. The number of hydrazine groups is 1. The number of rotatable bonds is 5. The highest BCUT2D eigenvalue weighted by Crippen LogP contribution is 2.16. The molecule has 0 aliphatic carbocycles. The summed E-state index contributed by atoms with van der Waals surface area (Å²) in [6.45, 7) is 0. The molecule has 0 radical (unpaired) electrons. The molecule has 23 heavy (non-hydrogen) atoms. The average Bonchev–Trinajstić information content (AvgIpc) is 2.53. The van der Waals surface area contributed by atoms with Crippen LogP contribution in [-0.2, 0) is 10.0 Å². The highest BCUT2D eigenvalue weighted by atomic mass is 127. The number of benzene rings is 2. The topological polar surface area (TPSA) is 118 Å². The lowest BCUT2D eigenvalue weighted by Gasteiger charge is -2.08. The normalized spacial score (nSPS) is 11.0. The Balaban J connectivity index is 2.12. The van der Waals surface area contributed by atoms with E-state index in [0.717, 1.165) is 9.64 Å². The second-order valence-electron chi connectivity index (χ2n) is 4.32. The molecule has 0 aromatic heterocycles. The highest BCUT2D eigenvalue weighted by Gasteiger charge is 2.18. The molecule has 0 spiro atoms. The minimum atomic E-state index is -4.12. The van der Waals surface area contributed by atoms with Gasteiger partial charge in [-0.25, -0.2) is 8.42 Å². The van der Waals surface area contributed by atoms with Gasteiger partial charge in [0.25, 0.3) is 21.6 Å². The maximum atomic E-state index is 12.0. The summed E-state index contributed by atoms with van der Waals surface area (Å²) in [5.41, 5.74) is 1.96. The molecule has 0 saturated heterocycles. The van der Waals surface area contributed by atoms with Crippen molar-refractivity contribution in [2.45, 2.75) is 4.90 Å². The van der Waals surface area contributed by atoms with Crippen LogP contribution in [0.5, 0.6) is 0 Å². The highest BCUT2D eigenvalue weighted by molar-refractivity contribution is 14.1. The second-order valence-corrected chi connectivity index (χ2v) is 7.25. The molecular weight excluding hydrogens is 437 g/mol. The molecule has 2 aromatic rings. The first-order valence-electron chi connectivity index (χ1n) is 6.12. The standard InChI is InChI=1S/C13H10IN3O5S/c14-10-6-4-9(5-7-10)13(18)15-16-23(21,22)12-3-1-2-11(8-12)17(19)20/h1-8,16H,(H,15,18). The summed E-state index contributed by atoms with van der Waals surface area (Å²) in [5, 5.41) is 10.7. The zero-order chi connectivity index (χ0) is 17.0. The Morgan fingerprint density at radius 3 is 2.39 bits per heavy atom. The summed E-state index contributed by atoms with van der Waals surface area (Å²) in [6.07, 6.45) is 0. The molecule has 2 N–H and O–H groups in total. The maximum absolute atomic E-state index is 12.0. The lowest BCUT2D eigenvalue weighted by atomic mass is 10.2. The molecule has 10 heteroatoms. The van der Waals surface area contributed by atoms with Crippen LogP contribution in [-0.4, -0.2) is 19.2 Å². The first-order valence-corrected chi connectivity index (χ1v) is 8.68. The van der Waals surface area contributed by atoms with Crippen molar-refractivity contribution < 1.29 is 18.1 Å². The molecule has 0 aliphatic rings. The number of nitrogens with zero attached hydrogens (tertiary/aromatic N) is 1. The van der Waals surface area contributed by atoms with E-state index in [-0.39, 0.29) is 16.1 Å². The van der Waals surface area contributed by atoms with Crippen molar-refractivity contribution >= 4 is 44.2 Å². The number of amides is 1. The summed E-state index contributed by atoms with van der Waals surface area (Å²) in [7, 11) is -4.12. The van der Waals surface area contributed by atoms with E-state index in [1.165, 1.54) is 18.2 Å². The van der Waals surface area contributed by atoms with Crippen LogP contribution in [0, 0.1) is 13.7 Å². The third kappa shape index (κ3) is 4.46. The summed E-state index contributed by atoms with van der Waals surface area (Å²) >= 11 is 2.07. The maximum Gasteiger partial charge on any atom is 0.270 e. The largest absolute Gasteiger partial charge is 0.273 e. The van der Waals surface area contributed by atoms with E-state index in [0.29, 0.717) is 0 Å². The Labute approximate surface area is 145 Å². The van der Waals surface area contributed by atoms with Crippen molar-refractivity contribution in [2.75, 3.05) is 0 Å². The Morgan fingerprint density at radius 1 is 1.13 bits per heavy atom. The van der Waals surface area contributed by atoms with Gasteiger partial charge in [-0.3, -0.25) is 20.3 Å². The molecular formula is C13H10IN3O5S. The van der Waals surface area contributed by atoms with E-state index in [1.54, 1.807) is 24.3 Å². The number of nitro benzene ring substituents is 1. The number of nitrogens with one attached hydrogen (secondary N) is 2. The van der Waals surface area contributed by atoms with E-state index in [4.69, 9.17) is 0 Å². The molecule has 0 aliphatic heterocycles. The van der Waals surface area contributed by atoms with E-state index >= 15 is 0 Å². The van der Waals surface area contributed by atoms with Crippen molar-refractivity contribution in [1.29, 1.82) is 0 Å². The van der Waals surface area contributed by atoms with Crippen molar-refractivity contribution in [2.24, 2.45) is 0 Å². The number of non-ortho nitro benzene ring substituents is 1. The van der Waals surface area contributed by atoms with Gasteiger partial charge < -0.3 is 0 Å². The van der Waals surface area contributed by atoms with Gasteiger partial charge in [0.15, 0.2) is 0 Å². The summed E-state index contributed by atoms with van der Waals surface area (Å²) < 4.78 is 25.0. The molecule has 0 atom stereocenters. The van der Waals surface area contributed by atoms with Gasteiger partial charge in [0.1, 0.15) is 0 Å². The number of halogens is 1. The number of nitro groups is 1. The molecule has 0 saturated carbocycles. The van der Waals surface area contributed by atoms with Crippen LogP contribution >= 0.6 is 22.6 Å². The van der Waals surface area contributed by atoms with Crippen LogP contribution in [0.4, 0.5) is 5.69 Å². The van der Waals surface area contributed by atoms with Crippen LogP contribution in [0.25, 0.3) is 0 Å². The fraction of sp³-hybridized carbons (Fsp3) is 0. The molecule has 8 nitrogen and oxygen atoms in total. The SMILES string of the molecule is O=C(NNS(=O)(=O)c1cccc([N+](=O)[O-])c1)c1ccc(I)cc1. The fourth-order valence-corrected chi connectivity index (χ4v) is 2.85. The Hall–Kier alpha value is -2.05. The smallest absolute Gasteiger partial charge is 0.270 e. The quantitative estimate of drug-likeness (QED) is 0.412. The molecule has 0 heterocycles. The summed E-state index contributed by atoms with van der Waals surface area (Å²) in [5.74, 6) is -0.643. The zero-order valence-electron chi connectivity index (χ0n) is 11.4. The predicted octanol–water partition coefficient (Wildman–Crippen LogP) is 1.82. The number of hydrogen-bond donors (Lipinski definition) is 2. The first-order chi connectivity index (χ1) is 10.8. The van der Waals surface area contributed by atoms with Gasteiger partial charge in [0, 0.05) is 21.3 Å². The van der Waals surface area contributed by atoms with Crippen LogP contribution in [0.3, 0.4) is 0 Å². The Morgan fingerprint density at radius 2 is 1.78 bits per heavy atom. The number of hydrogen-bond acceptors (Lipinski definition) is 5. The summed E-state index contributed by atoms with van der Waals surface area (Å²) in [4.78, 5) is 23.4. The Kier molecular flexibility index (Phi) is 5.28. The van der Waals surface area contributed by atoms with Gasteiger partial charge >= 0.3 is 0 Å². The molecule has 0 unspecified atom stereocenters. The van der Waals surface area contributed by atoms with Crippen LogP contribution in [0.15, 0.2) is 53.4 Å². The molecule has 0 bridgehead atoms. The minimum absolute atomic E-state index is 0.271. The van der Waals surface area contributed by atoms with Gasteiger partial charge in [-0.15, -0.1) is 4.83 Å². The third-order valence-electron chi connectivity index (χ3n) is 2.74. The first kappa shape index (κ1) is 17.3. The number of sulfonamides is 1. The van der Waals surface area contributed by atoms with Gasteiger partial charge in [-0.05, 0) is 52.9 Å². The zero-order valence-corrected chi connectivity index (χ0v) is 14.4. The number of carbonyl (C=O) groups excluding carboxylic acids is 1. The van der Waals surface area contributed by atoms with Gasteiger partial charge in [0.05, 0.1) is 9.82 Å². The van der Waals surface area contributed by atoms with Crippen molar-refractivity contribution in [1.82, 2.24) is 10.3 Å². The molecule has 2 aromatic carbocycles. The lowest BCUT2D eigenvalue weighted by molar-refractivity contribution is -0.385. The minimum Gasteiger partial charge on any atom is -0.273 e. The lowest BCUT2D eigenvalue weighted by Crippen LogP contribution is -2.41. The average molecular weight is 447 g/mol. The van der Waals surface area contributed by atoms with E-state index in [9.17, 15) is 23.3 Å². The van der Waals surface area contributed by atoms with Gasteiger partial charge in [0.2, 0.25) is 0 Å². The van der Waals surface area contributed by atoms with E-state index < -0.39 is 20.9 Å². The molecule has 1 amide bonds. The van der Waals surface area contributed by atoms with Crippen LogP contribution in [0.2, 0.25) is 0 Å². The van der Waals surface area contributed by atoms with Crippen LogP contribution < -0.4 is 10.3 Å². The van der Waals surface area contributed by atoms with Gasteiger partial charge in [-0.2, -0.15) is 0 Å². The number of carbonyl (C=O) groups is 1. The molecule has 2 rings (SSSR count). The third-order valence-corrected chi connectivity index (χ3v) is 4.71. The van der Waals surface area contributed by atoms with Gasteiger partial charge in [-0.1, -0.05) is 6.07 Å². The van der Waals surface area contributed by atoms with Crippen molar-refractivity contribution in [3.63, 3.8) is 0 Å². The van der Waals surface area contributed by atoms with E-state index in [1.807, 2.05) is 4.83 Å². The van der Waals surface area contributed by atoms with E-state index in [2.05, 4.69) is 28.0 Å². The summed E-state index contributed by atoms with van der Waals surface area (Å²) in [6, 6.07) is 11.0. The Bertz CT molecular complexity index is 852. The monoisotopic (exact) mass is 447 g/mol.